The van der Waals surface area contributed by atoms with E-state index >= 15 is 0 Å². The van der Waals surface area contributed by atoms with Gasteiger partial charge in [0.2, 0.25) is 0 Å². The molecule has 0 unspecified atom stereocenters. The maximum atomic E-state index is 12.6. The quantitative estimate of drug-likeness (QED) is 0.478. The summed E-state index contributed by atoms with van der Waals surface area (Å²) in [6.45, 7) is 2.19. The van der Waals surface area contributed by atoms with Gasteiger partial charge in [-0.25, -0.2) is 0 Å². The van der Waals surface area contributed by atoms with Crippen LogP contribution >= 0.6 is 23.2 Å². The van der Waals surface area contributed by atoms with Crippen LogP contribution in [0.5, 0.6) is 5.75 Å². The van der Waals surface area contributed by atoms with Crippen LogP contribution in [0, 0.1) is 0 Å². The minimum atomic E-state index is -0.434. The molecular weight excluding hydrogens is 439 g/mol. The van der Waals surface area contributed by atoms with Gasteiger partial charge in [-0.1, -0.05) is 23.2 Å². The lowest BCUT2D eigenvalue weighted by Crippen LogP contribution is -2.34. The summed E-state index contributed by atoms with van der Waals surface area (Å²) in [4.78, 5) is 25.1. The topological polar surface area (TPSA) is 80.6 Å². The number of likely N-dealkylation sites (N-methyl/N-ethyl adjacent to an activating group) is 1. The molecule has 31 heavy (non-hydrogen) atoms. The molecule has 0 aliphatic carbocycles. The fourth-order valence-electron chi connectivity index (χ4n) is 2.73. The van der Waals surface area contributed by atoms with Crippen LogP contribution in [0.25, 0.3) is 17.4 Å². The van der Waals surface area contributed by atoms with Crippen molar-refractivity contribution in [3.8, 4) is 17.1 Å². The third-order valence-corrected chi connectivity index (χ3v) is 5.04. The van der Waals surface area contributed by atoms with Gasteiger partial charge in [-0.3, -0.25) is 9.59 Å². The van der Waals surface area contributed by atoms with E-state index in [2.05, 4.69) is 10.6 Å². The highest BCUT2D eigenvalue weighted by molar-refractivity contribution is 6.42. The average Bonchev–Trinajstić information content (AvgIpc) is 3.24. The summed E-state index contributed by atoms with van der Waals surface area (Å²) in [7, 11) is 1.54. The van der Waals surface area contributed by atoms with Crippen molar-refractivity contribution < 1.29 is 18.7 Å². The Kier molecular flexibility index (Phi) is 7.39. The molecule has 0 atom stereocenters. The van der Waals surface area contributed by atoms with Crippen LogP contribution in [0.4, 0.5) is 0 Å². The molecule has 0 radical (unpaired) electrons. The standard InChI is InChI=1S/C23H20Cl2N2O4/c1-3-26-23(29)20(27-22(28)14-4-7-16(30-2)8-5-14)13-17-9-11-21(31-17)15-6-10-18(24)19(25)12-15/h4-13H,3H2,1-2H3,(H,26,29)(H,27,28)/b20-13-. The zero-order chi connectivity index (χ0) is 22.4. The fraction of sp³-hybridized carbons (Fsp3) is 0.130. The maximum Gasteiger partial charge on any atom is 0.267 e. The van der Waals surface area contributed by atoms with Crippen molar-refractivity contribution in [2.75, 3.05) is 13.7 Å². The van der Waals surface area contributed by atoms with Gasteiger partial charge >= 0.3 is 0 Å². The number of rotatable bonds is 7. The Morgan fingerprint density at radius 3 is 2.42 bits per heavy atom. The monoisotopic (exact) mass is 458 g/mol. The van der Waals surface area contributed by atoms with Crippen molar-refractivity contribution in [1.29, 1.82) is 0 Å². The summed E-state index contributed by atoms with van der Waals surface area (Å²) in [5.41, 5.74) is 1.17. The summed E-state index contributed by atoms with van der Waals surface area (Å²) < 4.78 is 10.9. The first kappa shape index (κ1) is 22.5. The van der Waals surface area contributed by atoms with E-state index in [-0.39, 0.29) is 5.70 Å². The zero-order valence-electron chi connectivity index (χ0n) is 16.9. The molecule has 0 spiro atoms. The number of methoxy groups -OCH3 is 1. The van der Waals surface area contributed by atoms with Crippen molar-refractivity contribution >= 4 is 41.1 Å². The number of furan rings is 1. The Hall–Kier alpha value is -3.22. The van der Waals surface area contributed by atoms with Crippen LogP contribution in [0.1, 0.15) is 23.0 Å². The molecule has 160 valence electrons. The van der Waals surface area contributed by atoms with E-state index in [1.165, 1.54) is 6.08 Å². The van der Waals surface area contributed by atoms with Crippen LogP contribution < -0.4 is 15.4 Å². The van der Waals surface area contributed by atoms with Gasteiger partial charge < -0.3 is 19.8 Å². The highest BCUT2D eigenvalue weighted by Crippen LogP contribution is 2.30. The minimum Gasteiger partial charge on any atom is -0.497 e. The summed E-state index contributed by atoms with van der Waals surface area (Å²) >= 11 is 12.0. The lowest BCUT2D eigenvalue weighted by molar-refractivity contribution is -0.117. The van der Waals surface area contributed by atoms with E-state index in [1.807, 2.05) is 0 Å². The molecule has 0 saturated carbocycles. The number of hydrogen-bond donors (Lipinski definition) is 2. The summed E-state index contributed by atoms with van der Waals surface area (Å²) in [6, 6.07) is 15.1. The van der Waals surface area contributed by atoms with E-state index in [0.717, 1.165) is 5.56 Å². The first-order valence-corrected chi connectivity index (χ1v) is 10.2. The zero-order valence-corrected chi connectivity index (χ0v) is 18.4. The third-order valence-electron chi connectivity index (χ3n) is 4.30. The second-order valence-corrected chi connectivity index (χ2v) is 7.25. The number of ether oxygens (including phenoxy) is 1. The van der Waals surface area contributed by atoms with Crippen molar-refractivity contribution in [3.63, 3.8) is 0 Å². The lowest BCUT2D eigenvalue weighted by atomic mass is 10.2. The van der Waals surface area contributed by atoms with Gasteiger partial charge in [-0.05, 0) is 61.5 Å². The molecule has 0 saturated heterocycles. The number of halogens is 2. The number of hydrogen-bond acceptors (Lipinski definition) is 4. The Balaban J connectivity index is 1.86. The third kappa shape index (κ3) is 5.69. The molecule has 2 N–H and O–H groups in total. The fourth-order valence-corrected chi connectivity index (χ4v) is 3.03. The molecule has 3 rings (SSSR count). The predicted molar refractivity (Wildman–Crippen MR) is 121 cm³/mol. The normalized spacial score (nSPS) is 11.2. The van der Waals surface area contributed by atoms with Gasteiger partial charge in [0, 0.05) is 23.7 Å². The van der Waals surface area contributed by atoms with Crippen LogP contribution in [0.15, 0.2) is 64.7 Å². The molecule has 0 fully saturated rings. The Labute approximate surface area is 189 Å². The summed E-state index contributed by atoms with van der Waals surface area (Å²) in [6.07, 6.45) is 1.47. The molecule has 0 aliphatic heterocycles. The molecule has 1 heterocycles. The highest BCUT2D eigenvalue weighted by Gasteiger charge is 2.15. The number of benzene rings is 2. The maximum absolute atomic E-state index is 12.6. The van der Waals surface area contributed by atoms with Crippen molar-refractivity contribution in [2.24, 2.45) is 0 Å². The molecule has 2 aromatic carbocycles. The first-order chi connectivity index (χ1) is 14.9. The van der Waals surface area contributed by atoms with Crippen molar-refractivity contribution in [2.45, 2.75) is 6.92 Å². The van der Waals surface area contributed by atoms with Crippen molar-refractivity contribution in [3.05, 3.63) is 81.7 Å². The Morgan fingerprint density at radius 1 is 1.03 bits per heavy atom. The van der Waals surface area contributed by atoms with Crippen LogP contribution in [0.3, 0.4) is 0 Å². The molecular formula is C23H20Cl2N2O4. The Bertz CT molecular complexity index is 1120. The van der Waals surface area contributed by atoms with Crippen molar-refractivity contribution in [1.82, 2.24) is 10.6 Å². The molecule has 6 nitrogen and oxygen atoms in total. The van der Waals surface area contributed by atoms with E-state index in [0.29, 0.717) is 39.4 Å². The van der Waals surface area contributed by atoms with Gasteiger partial charge in [-0.15, -0.1) is 0 Å². The second-order valence-electron chi connectivity index (χ2n) is 6.43. The van der Waals surface area contributed by atoms with E-state index in [9.17, 15) is 9.59 Å². The SMILES string of the molecule is CCNC(=O)/C(=C/c1ccc(-c2ccc(Cl)c(Cl)c2)o1)NC(=O)c1ccc(OC)cc1. The minimum absolute atomic E-state index is 0.0534. The smallest absolute Gasteiger partial charge is 0.267 e. The van der Waals surface area contributed by atoms with E-state index in [1.54, 1.807) is 68.6 Å². The predicted octanol–water partition coefficient (Wildman–Crippen LogP) is 5.17. The Morgan fingerprint density at radius 2 is 1.77 bits per heavy atom. The molecule has 0 aliphatic rings. The second kappa shape index (κ2) is 10.2. The number of carbonyl (C=O) groups is 2. The van der Waals surface area contributed by atoms with E-state index in [4.69, 9.17) is 32.4 Å². The average molecular weight is 459 g/mol. The largest absolute Gasteiger partial charge is 0.497 e. The lowest BCUT2D eigenvalue weighted by Gasteiger charge is -2.10. The van der Waals surface area contributed by atoms with Gasteiger partial charge in [0.15, 0.2) is 0 Å². The molecule has 0 bridgehead atoms. The molecule has 3 aromatic rings. The van der Waals surface area contributed by atoms with Gasteiger partial charge in [0.25, 0.3) is 11.8 Å². The summed E-state index contributed by atoms with van der Waals surface area (Å²) in [5, 5.41) is 6.16. The van der Waals surface area contributed by atoms with Crippen LogP contribution in [0.2, 0.25) is 10.0 Å². The van der Waals surface area contributed by atoms with Gasteiger partial charge in [0.1, 0.15) is 23.0 Å². The van der Waals surface area contributed by atoms with E-state index < -0.39 is 11.8 Å². The van der Waals surface area contributed by atoms with Crippen LogP contribution in [-0.2, 0) is 4.79 Å². The van der Waals surface area contributed by atoms with Crippen LogP contribution in [-0.4, -0.2) is 25.5 Å². The first-order valence-electron chi connectivity index (χ1n) is 9.41. The number of amides is 2. The highest BCUT2D eigenvalue weighted by atomic mass is 35.5. The summed E-state index contributed by atoms with van der Waals surface area (Å²) in [5.74, 6) is 0.689. The number of nitrogens with one attached hydrogen (secondary N) is 2. The number of carbonyl (C=O) groups excluding carboxylic acids is 2. The molecule has 2 amide bonds. The molecule has 1 aromatic heterocycles. The molecule has 8 heteroatoms. The van der Waals surface area contributed by atoms with Gasteiger partial charge in [-0.2, -0.15) is 0 Å². The van der Waals surface area contributed by atoms with Gasteiger partial charge in [0.05, 0.1) is 17.2 Å².